The molecule has 0 bridgehead atoms. The number of carbonyl (C=O) groups excluding carboxylic acids is 1. The number of amides is 1. The maximum absolute atomic E-state index is 11.9. The van der Waals surface area contributed by atoms with Crippen molar-refractivity contribution in [3.8, 4) is 0 Å². The van der Waals surface area contributed by atoms with Crippen molar-refractivity contribution in [3.63, 3.8) is 0 Å². The molecule has 16 heavy (non-hydrogen) atoms. The Kier molecular flexibility index (Phi) is 2.92. The van der Waals surface area contributed by atoms with Gasteiger partial charge in [-0.25, -0.2) is 0 Å². The predicted octanol–water partition coefficient (Wildman–Crippen LogP) is 1.01. The van der Waals surface area contributed by atoms with Gasteiger partial charge in [0.25, 0.3) is 0 Å². The third-order valence-electron chi connectivity index (χ3n) is 3.12. The van der Waals surface area contributed by atoms with E-state index in [1.165, 1.54) is 0 Å². The molecule has 1 unspecified atom stereocenters. The minimum Gasteiger partial charge on any atom is -0.330 e. The van der Waals surface area contributed by atoms with Crippen LogP contribution in [-0.2, 0) is 4.79 Å². The normalized spacial score (nSPS) is 20.6. The molecule has 1 amide bonds. The second-order valence-corrected chi connectivity index (χ2v) is 4.37. The summed E-state index contributed by atoms with van der Waals surface area (Å²) in [7, 11) is 0. The van der Waals surface area contributed by atoms with Gasteiger partial charge in [-0.15, -0.1) is 0 Å². The highest BCUT2D eigenvalue weighted by molar-refractivity contribution is 5.96. The summed E-state index contributed by atoms with van der Waals surface area (Å²) in [6.07, 6.45) is 2.33. The average molecular weight is 219 g/mol. The Labute approximate surface area is 95.5 Å². The first-order valence-corrected chi connectivity index (χ1v) is 5.56. The number of hydrogen-bond donors (Lipinski definition) is 1. The Morgan fingerprint density at radius 3 is 2.88 bits per heavy atom. The van der Waals surface area contributed by atoms with Gasteiger partial charge < -0.3 is 10.6 Å². The molecule has 1 aromatic heterocycles. The number of nitrogens with two attached hydrogens (primary N) is 1. The fourth-order valence-electron chi connectivity index (χ4n) is 2.25. The highest BCUT2D eigenvalue weighted by Crippen LogP contribution is 2.29. The molecule has 1 saturated heterocycles. The molecule has 0 spiro atoms. The van der Waals surface area contributed by atoms with Gasteiger partial charge in [-0.2, -0.15) is 0 Å². The summed E-state index contributed by atoms with van der Waals surface area (Å²) in [5.41, 5.74) is 8.58. The van der Waals surface area contributed by atoms with E-state index < -0.39 is 0 Å². The van der Waals surface area contributed by atoms with Crippen LogP contribution in [0.3, 0.4) is 0 Å². The molecule has 1 fully saturated rings. The molecule has 4 heteroatoms. The van der Waals surface area contributed by atoms with E-state index in [-0.39, 0.29) is 11.8 Å². The first-order valence-electron chi connectivity index (χ1n) is 5.56. The summed E-state index contributed by atoms with van der Waals surface area (Å²) >= 11 is 0. The Bertz CT molecular complexity index is 396. The third-order valence-corrected chi connectivity index (χ3v) is 3.12. The number of hydrogen-bond acceptors (Lipinski definition) is 3. The molecular weight excluding hydrogens is 202 g/mol. The molecule has 2 N–H and O–H groups in total. The number of pyridine rings is 1. The van der Waals surface area contributed by atoms with Crippen LogP contribution in [0.25, 0.3) is 0 Å². The van der Waals surface area contributed by atoms with Gasteiger partial charge in [-0.05, 0) is 37.9 Å². The number of anilines is 1. The van der Waals surface area contributed by atoms with Crippen LogP contribution in [0.2, 0.25) is 0 Å². The van der Waals surface area contributed by atoms with Crippen molar-refractivity contribution in [2.75, 3.05) is 18.0 Å². The minimum atomic E-state index is 0.162. The largest absolute Gasteiger partial charge is 0.330 e. The third kappa shape index (κ3) is 1.80. The van der Waals surface area contributed by atoms with Crippen molar-refractivity contribution in [1.82, 2.24) is 4.98 Å². The van der Waals surface area contributed by atoms with Gasteiger partial charge in [0.15, 0.2) is 0 Å². The highest BCUT2D eigenvalue weighted by atomic mass is 16.2. The maximum atomic E-state index is 11.9. The Balaban J connectivity index is 2.35. The second kappa shape index (κ2) is 4.22. The van der Waals surface area contributed by atoms with Crippen LogP contribution in [0.4, 0.5) is 5.69 Å². The number of carbonyl (C=O) groups is 1. The lowest BCUT2D eigenvalue weighted by Gasteiger charge is -2.20. The van der Waals surface area contributed by atoms with Crippen LogP contribution in [-0.4, -0.2) is 24.0 Å². The van der Waals surface area contributed by atoms with E-state index in [9.17, 15) is 4.79 Å². The zero-order valence-electron chi connectivity index (χ0n) is 9.73. The minimum absolute atomic E-state index is 0.162. The quantitative estimate of drug-likeness (QED) is 0.807. The lowest BCUT2D eigenvalue weighted by Crippen LogP contribution is -2.27. The average Bonchev–Trinajstić information content (AvgIpc) is 2.60. The molecule has 1 aromatic rings. The lowest BCUT2D eigenvalue weighted by molar-refractivity contribution is -0.117. The van der Waals surface area contributed by atoms with E-state index >= 15 is 0 Å². The van der Waals surface area contributed by atoms with E-state index in [1.807, 2.05) is 24.8 Å². The number of aryl methyl sites for hydroxylation is 2. The number of aromatic nitrogens is 1. The fraction of sp³-hybridized carbons (Fsp3) is 0.500. The smallest absolute Gasteiger partial charge is 0.227 e. The van der Waals surface area contributed by atoms with E-state index in [2.05, 4.69) is 4.98 Å². The zero-order valence-corrected chi connectivity index (χ0v) is 9.73. The summed E-state index contributed by atoms with van der Waals surface area (Å²) in [6.45, 7) is 5.24. The van der Waals surface area contributed by atoms with E-state index in [4.69, 9.17) is 5.73 Å². The van der Waals surface area contributed by atoms with Crippen molar-refractivity contribution in [2.24, 2.45) is 11.7 Å². The van der Waals surface area contributed by atoms with Crippen molar-refractivity contribution in [2.45, 2.75) is 20.3 Å². The molecule has 4 nitrogen and oxygen atoms in total. The first kappa shape index (κ1) is 11.1. The van der Waals surface area contributed by atoms with Crippen LogP contribution in [0.15, 0.2) is 12.3 Å². The summed E-state index contributed by atoms with van der Waals surface area (Å²) in [4.78, 5) is 18.0. The van der Waals surface area contributed by atoms with Gasteiger partial charge >= 0.3 is 0 Å². The van der Waals surface area contributed by atoms with Crippen LogP contribution < -0.4 is 10.6 Å². The van der Waals surface area contributed by atoms with Gasteiger partial charge in [0.1, 0.15) is 0 Å². The standard InChI is InChI=1S/C12H17N3O/c1-8-3-4-14-9(2)12(8)15-7-10(6-13)5-11(15)16/h3-4,10H,5-7,13H2,1-2H3. The van der Waals surface area contributed by atoms with Crippen LogP contribution in [0.5, 0.6) is 0 Å². The van der Waals surface area contributed by atoms with Crippen LogP contribution in [0, 0.1) is 19.8 Å². The summed E-state index contributed by atoms with van der Waals surface area (Å²) in [5, 5.41) is 0. The fourth-order valence-corrected chi connectivity index (χ4v) is 2.25. The molecule has 0 radical (unpaired) electrons. The molecule has 2 rings (SSSR count). The predicted molar refractivity (Wildman–Crippen MR) is 63.2 cm³/mol. The molecule has 0 aliphatic carbocycles. The van der Waals surface area contributed by atoms with Gasteiger partial charge in [0, 0.05) is 19.2 Å². The molecule has 86 valence electrons. The van der Waals surface area contributed by atoms with E-state index in [0.29, 0.717) is 13.0 Å². The molecule has 2 heterocycles. The summed E-state index contributed by atoms with van der Waals surface area (Å²) < 4.78 is 0. The molecular formula is C12H17N3O. The number of nitrogens with zero attached hydrogens (tertiary/aromatic N) is 2. The molecule has 0 saturated carbocycles. The second-order valence-electron chi connectivity index (χ2n) is 4.37. The van der Waals surface area contributed by atoms with Gasteiger partial charge in [-0.1, -0.05) is 0 Å². The highest BCUT2D eigenvalue weighted by Gasteiger charge is 2.31. The van der Waals surface area contributed by atoms with Crippen molar-refractivity contribution in [1.29, 1.82) is 0 Å². The Hall–Kier alpha value is -1.42. The van der Waals surface area contributed by atoms with E-state index in [1.54, 1.807) is 6.20 Å². The number of rotatable bonds is 2. The lowest BCUT2D eigenvalue weighted by atomic mass is 10.1. The summed E-state index contributed by atoms with van der Waals surface area (Å²) in [5.74, 6) is 0.446. The van der Waals surface area contributed by atoms with Gasteiger partial charge in [0.05, 0.1) is 11.4 Å². The van der Waals surface area contributed by atoms with Crippen molar-refractivity contribution >= 4 is 11.6 Å². The summed E-state index contributed by atoms with van der Waals surface area (Å²) in [6, 6.07) is 1.94. The van der Waals surface area contributed by atoms with Crippen LogP contribution in [0.1, 0.15) is 17.7 Å². The van der Waals surface area contributed by atoms with Gasteiger partial charge in [-0.3, -0.25) is 9.78 Å². The topological polar surface area (TPSA) is 59.2 Å². The molecule has 1 aliphatic rings. The maximum Gasteiger partial charge on any atom is 0.227 e. The monoisotopic (exact) mass is 219 g/mol. The van der Waals surface area contributed by atoms with E-state index in [0.717, 1.165) is 23.5 Å². The Morgan fingerprint density at radius 2 is 2.31 bits per heavy atom. The first-order chi connectivity index (χ1) is 7.63. The molecule has 1 atom stereocenters. The Morgan fingerprint density at radius 1 is 1.56 bits per heavy atom. The van der Waals surface area contributed by atoms with Crippen molar-refractivity contribution < 1.29 is 4.79 Å². The molecule has 1 aliphatic heterocycles. The van der Waals surface area contributed by atoms with Crippen LogP contribution >= 0.6 is 0 Å². The molecule has 0 aromatic carbocycles. The van der Waals surface area contributed by atoms with Gasteiger partial charge in [0.2, 0.25) is 5.91 Å². The SMILES string of the molecule is Cc1ccnc(C)c1N1CC(CN)CC1=O. The van der Waals surface area contributed by atoms with Crippen molar-refractivity contribution in [3.05, 3.63) is 23.5 Å². The zero-order chi connectivity index (χ0) is 11.7.